The molecule has 6 nitrogen and oxygen atoms in total. The Balaban J connectivity index is -0.000000173. The molecular formula is C19H41O6PS6Zn3. The average molecular weight is 785 g/mol. The zero-order valence-electron chi connectivity index (χ0n) is 21.8. The van der Waals surface area contributed by atoms with E-state index < -0.39 is 7.82 Å². The van der Waals surface area contributed by atoms with Crippen LogP contribution < -0.4 is 14.7 Å². The molecule has 0 unspecified atom stereocenters. The Morgan fingerprint density at radius 3 is 0.971 bits per heavy atom. The van der Waals surface area contributed by atoms with Gasteiger partial charge < -0.3 is 28.7 Å². The van der Waals surface area contributed by atoms with Gasteiger partial charge in [0, 0.05) is 0 Å². The van der Waals surface area contributed by atoms with Gasteiger partial charge in [0.2, 0.25) is 0 Å². The van der Waals surface area contributed by atoms with Crippen LogP contribution in [0, 0.1) is 0 Å². The van der Waals surface area contributed by atoms with Gasteiger partial charge in [0.05, 0.1) is 26.4 Å². The summed E-state index contributed by atoms with van der Waals surface area (Å²) < 4.78 is 18.4. The van der Waals surface area contributed by atoms with Crippen molar-refractivity contribution in [2.45, 2.75) is 78.6 Å². The second kappa shape index (κ2) is 45.0. The first-order valence-corrected chi connectivity index (χ1v) is 31.6. The van der Waals surface area contributed by atoms with Gasteiger partial charge in [-0.25, -0.2) is 0 Å². The van der Waals surface area contributed by atoms with Gasteiger partial charge in [-0.2, -0.15) is 7.82 Å². The van der Waals surface area contributed by atoms with Gasteiger partial charge in [-0.15, -0.1) is 0 Å². The van der Waals surface area contributed by atoms with Gasteiger partial charge in [-0.05, 0) is 0 Å². The van der Waals surface area contributed by atoms with E-state index in [1.807, 2.05) is 58.7 Å². The quantitative estimate of drug-likeness (QED) is 0.0810. The van der Waals surface area contributed by atoms with E-state index in [4.69, 9.17) is 28.7 Å². The molecule has 0 N–H and O–H groups in total. The Morgan fingerprint density at radius 2 is 0.829 bits per heavy atom. The maximum absolute atomic E-state index is 8.55. The van der Waals surface area contributed by atoms with E-state index in [9.17, 15) is 0 Å². The summed E-state index contributed by atoms with van der Waals surface area (Å²) in [5.74, 6) is 4.08. The van der Waals surface area contributed by atoms with Gasteiger partial charge in [0.15, 0.2) is 0 Å². The smallest absolute Gasteiger partial charge is 0.159 e. The standard InChI is InChI=1S/3C5H12S2.C4H8O2.H3O4P.3Zn/c3*1-2-3-4-5-7-6;1-2-6-4-3-5-1;1-5(2,3)4;;;/h3*6H,2-5H2,1H3;1-4H2;(H3,1,2,3,4);;;/q;;;;;3*+2/p-6. The molecule has 200 valence electrons. The fourth-order valence-corrected chi connectivity index (χ4v) is 12.0. The number of ether oxygens (including phenoxy) is 2. The van der Waals surface area contributed by atoms with Crippen LogP contribution in [0.1, 0.15) is 78.6 Å². The summed E-state index contributed by atoms with van der Waals surface area (Å²) in [7, 11) is 6.65. The number of hydrogen-bond acceptors (Lipinski definition) is 12. The van der Waals surface area contributed by atoms with Crippen LogP contribution in [-0.2, 0) is 65.3 Å². The summed E-state index contributed by atoms with van der Waals surface area (Å²) in [5.41, 5.74) is 0. The average Bonchev–Trinajstić information content (AvgIpc) is 2.84. The van der Waals surface area contributed by atoms with Crippen LogP contribution in [0.5, 0.6) is 0 Å². The fourth-order valence-electron chi connectivity index (χ4n) is 1.85. The summed E-state index contributed by atoms with van der Waals surface area (Å²) in [5, 5.41) is 0. The van der Waals surface area contributed by atoms with Gasteiger partial charge in [0.25, 0.3) is 0 Å². The zero-order chi connectivity index (χ0) is 27.5. The van der Waals surface area contributed by atoms with Gasteiger partial charge >= 0.3 is 206 Å². The first-order chi connectivity index (χ1) is 16.7. The molecule has 1 fully saturated rings. The molecule has 1 aliphatic heterocycles. The minimum Gasteiger partial charge on any atom is -0.822 e. The second-order valence-corrected chi connectivity index (χ2v) is 27.7. The predicted octanol–water partition coefficient (Wildman–Crippen LogP) is 6.27. The van der Waals surface area contributed by atoms with E-state index in [1.165, 1.54) is 126 Å². The molecule has 0 amide bonds. The molecule has 0 radical (unpaired) electrons. The molecule has 0 aliphatic carbocycles. The van der Waals surface area contributed by atoms with E-state index in [2.05, 4.69) is 20.8 Å². The molecule has 1 rings (SSSR count). The summed E-state index contributed by atoms with van der Waals surface area (Å²) in [6.45, 7) is 9.85. The maximum atomic E-state index is 8.55. The minimum absolute atomic E-state index is 0.778. The Hall–Kier alpha value is 4.00. The molecule has 0 atom stereocenters. The normalized spacial score (nSPS) is 12.6. The van der Waals surface area contributed by atoms with E-state index in [-0.39, 0.29) is 0 Å². The molecule has 0 saturated carbocycles. The largest absolute Gasteiger partial charge is 0.822 e. The third-order valence-corrected chi connectivity index (χ3v) is 17.8. The molecule has 1 saturated heterocycles. The molecule has 0 aromatic carbocycles. The molecule has 16 heteroatoms. The molecule has 0 spiro atoms. The minimum atomic E-state index is -5.39. The molecular weight excluding hydrogens is 744 g/mol. The zero-order valence-corrected chi connectivity index (χ0v) is 36.5. The van der Waals surface area contributed by atoms with Crippen molar-refractivity contribution in [3.8, 4) is 0 Å². The summed E-state index contributed by atoms with van der Waals surface area (Å²) in [6.07, 6.45) is 12.5. The number of phosphoric acid groups is 1. The van der Waals surface area contributed by atoms with E-state index >= 15 is 0 Å². The molecule has 0 bridgehead atoms. The molecule has 1 aliphatic rings. The molecule has 0 aromatic heterocycles. The molecule has 1 heterocycles. The fraction of sp³-hybridized carbons (Fsp3) is 1.00. The topological polar surface area (TPSA) is 105 Å². The first kappa shape index (κ1) is 46.0. The van der Waals surface area contributed by atoms with Crippen LogP contribution in [0.4, 0.5) is 0 Å². The van der Waals surface area contributed by atoms with Crippen molar-refractivity contribution >= 4 is 66.6 Å². The van der Waals surface area contributed by atoms with Crippen LogP contribution in [0.25, 0.3) is 0 Å². The first-order valence-electron chi connectivity index (χ1n) is 11.7. The maximum Gasteiger partial charge on any atom is -0.159 e. The van der Waals surface area contributed by atoms with Crippen molar-refractivity contribution in [3.63, 3.8) is 0 Å². The third kappa shape index (κ3) is 78.8. The van der Waals surface area contributed by atoms with E-state index in [0.29, 0.717) is 0 Å². The van der Waals surface area contributed by atoms with E-state index in [0.717, 1.165) is 26.4 Å². The Labute approximate surface area is 265 Å². The Kier molecular flexibility index (Phi) is 59.1. The van der Waals surface area contributed by atoms with Gasteiger partial charge in [-0.3, -0.25) is 0 Å². The van der Waals surface area contributed by atoms with Crippen LogP contribution in [0.15, 0.2) is 0 Å². The summed E-state index contributed by atoms with van der Waals surface area (Å²) >= 11 is 4.12. The van der Waals surface area contributed by atoms with Crippen molar-refractivity contribution in [1.29, 1.82) is 0 Å². The van der Waals surface area contributed by atoms with Gasteiger partial charge in [0.1, 0.15) is 0 Å². The Bertz CT molecular complexity index is 327. The second-order valence-electron chi connectivity index (χ2n) is 6.61. The van der Waals surface area contributed by atoms with Crippen molar-refractivity contribution in [2.75, 3.05) is 43.7 Å². The predicted molar refractivity (Wildman–Crippen MR) is 148 cm³/mol. The monoisotopic (exact) mass is 780 g/mol. The van der Waals surface area contributed by atoms with Crippen molar-refractivity contribution in [1.82, 2.24) is 0 Å². The number of rotatable bonds is 15. The summed E-state index contributed by atoms with van der Waals surface area (Å²) in [6, 6.07) is 0. The SMILES string of the molecule is C1COCCO1.CCCCCS[S][Zn+].CCCCCS[S][Zn+].CCCCCS[S][Zn+].O=P([O-])([O-])[O-]. The summed E-state index contributed by atoms with van der Waals surface area (Å²) in [4.78, 5) is 25.6. The van der Waals surface area contributed by atoms with E-state index in [1.54, 1.807) is 0 Å². The van der Waals surface area contributed by atoms with Crippen LogP contribution in [-0.4, -0.2) is 43.7 Å². The Morgan fingerprint density at radius 1 is 0.600 bits per heavy atom. The number of unbranched alkanes of at least 4 members (excludes halogenated alkanes) is 6. The molecule has 35 heavy (non-hydrogen) atoms. The number of hydrogen-bond donors (Lipinski definition) is 0. The van der Waals surface area contributed by atoms with Crippen molar-refractivity contribution in [3.05, 3.63) is 0 Å². The van der Waals surface area contributed by atoms with Crippen molar-refractivity contribution in [2.24, 2.45) is 0 Å². The third-order valence-electron chi connectivity index (χ3n) is 3.49. The van der Waals surface area contributed by atoms with Gasteiger partial charge in [-0.1, -0.05) is 0 Å². The van der Waals surface area contributed by atoms with Crippen molar-refractivity contribution < 1.29 is 80.0 Å². The van der Waals surface area contributed by atoms with Crippen LogP contribution >= 0.6 is 66.6 Å². The molecule has 0 aromatic rings. The van der Waals surface area contributed by atoms with Crippen LogP contribution in [0.2, 0.25) is 0 Å². The van der Waals surface area contributed by atoms with Crippen LogP contribution in [0.3, 0.4) is 0 Å².